The summed E-state index contributed by atoms with van der Waals surface area (Å²) in [5.41, 5.74) is 1.72. The molecule has 0 spiro atoms. The molecule has 2 fully saturated rings. The van der Waals surface area contributed by atoms with E-state index in [1.807, 2.05) is 19.9 Å². The summed E-state index contributed by atoms with van der Waals surface area (Å²) >= 11 is 0. The lowest BCUT2D eigenvalue weighted by atomic mass is 9.92. The van der Waals surface area contributed by atoms with E-state index in [1.54, 1.807) is 22.7 Å². The van der Waals surface area contributed by atoms with Crippen LogP contribution in [0.2, 0.25) is 0 Å². The molecule has 0 bridgehead atoms. The van der Waals surface area contributed by atoms with Crippen LogP contribution in [0.1, 0.15) is 43.5 Å². The van der Waals surface area contributed by atoms with Crippen LogP contribution in [-0.4, -0.2) is 62.2 Å². The van der Waals surface area contributed by atoms with E-state index in [4.69, 9.17) is 0 Å². The van der Waals surface area contributed by atoms with Gasteiger partial charge in [0.1, 0.15) is 17.7 Å². The van der Waals surface area contributed by atoms with Gasteiger partial charge in [-0.15, -0.1) is 0 Å². The van der Waals surface area contributed by atoms with Crippen LogP contribution in [0.4, 0.5) is 20.4 Å². The van der Waals surface area contributed by atoms with Gasteiger partial charge in [-0.1, -0.05) is 0 Å². The Labute approximate surface area is 174 Å². The number of nitrogens with zero attached hydrogens (tertiary/aromatic N) is 5. The molecule has 2 aliphatic rings. The van der Waals surface area contributed by atoms with Crippen LogP contribution in [-0.2, 0) is 4.79 Å². The van der Waals surface area contributed by atoms with Crippen LogP contribution < -0.4 is 10.6 Å². The molecular weight excluding hydrogens is 392 g/mol. The normalized spacial score (nSPS) is 21.8. The van der Waals surface area contributed by atoms with Crippen molar-refractivity contribution < 1.29 is 13.6 Å². The van der Waals surface area contributed by atoms with E-state index in [0.717, 1.165) is 11.4 Å². The van der Waals surface area contributed by atoms with E-state index < -0.39 is 5.92 Å². The van der Waals surface area contributed by atoms with Crippen molar-refractivity contribution in [1.82, 2.24) is 24.6 Å². The molecule has 2 aromatic rings. The molecule has 2 N–H and O–H groups in total. The molecule has 0 aromatic carbocycles. The van der Waals surface area contributed by atoms with E-state index in [-0.39, 0.29) is 30.8 Å². The van der Waals surface area contributed by atoms with Crippen LogP contribution in [0, 0.1) is 13.8 Å². The molecule has 1 amide bonds. The number of alkyl halides is 2. The van der Waals surface area contributed by atoms with Crippen molar-refractivity contribution in [2.75, 3.05) is 24.2 Å². The minimum absolute atomic E-state index is 0.0188. The summed E-state index contributed by atoms with van der Waals surface area (Å²) in [5, 5.41) is 10.9. The largest absolute Gasteiger partial charge is 0.367 e. The summed E-state index contributed by atoms with van der Waals surface area (Å²) in [4.78, 5) is 23.1. The van der Waals surface area contributed by atoms with Crippen molar-refractivity contribution in [3.05, 3.63) is 23.5 Å². The third-order valence-electron chi connectivity index (χ3n) is 5.73. The molecule has 1 aliphatic heterocycles. The number of halogens is 2. The van der Waals surface area contributed by atoms with Crippen LogP contribution in [0.5, 0.6) is 0 Å². The van der Waals surface area contributed by atoms with Gasteiger partial charge in [0.05, 0.1) is 5.69 Å². The standard InChI is InChI=1S/C20H27F2N7O/c1-12-10-13(2)29(27-12)19-25-16(23-14-4-7-20(21,22)8-5-14)11-17(26-19)24-15-6-9-28(3)18(15)30/h10-11,14-15H,4-9H2,1-3H3,(H2,23,24,25,26)/t15-/m0/s1. The van der Waals surface area contributed by atoms with Crippen molar-refractivity contribution in [2.24, 2.45) is 0 Å². The lowest BCUT2D eigenvalue weighted by Gasteiger charge is -2.29. The number of hydrogen-bond acceptors (Lipinski definition) is 6. The van der Waals surface area contributed by atoms with Crippen LogP contribution in [0.25, 0.3) is 5.95 Å². The maximum atomic E-state index is 13.5. The Bertz CT molecular complexity index is 935. The van der Waals surface area contributed by atoms with Crippen molar-refractivity contribution in [3.8, 4) is 5.95 Å². The average Bonchev–Trinajstić information content (AvgIpc) is 3.19. The molecule has 162 valence electrons. The summed E-state index contributed by atoms with van der Waals surface area (Å²) in [6.07, 6.45) is 1.18. The molecule has 2 aromatic heterocycles. The number of rotatable bonds is 5. The minimum Gasteiger partial charge on any atom is -0.367 e. The molecule has 8 nitrogen and oxygen atoms in total. The highest BCUT2D eigenvalue weighted by Crippen LogP contribution is 2.34. The highest BCUT2D eigenvalue weighted by molar-refractivity contribution is 5.86. The van der Waals surface area contributed by atoms with Crippen molar-refractivity contribution in [1.29, 1.82) is 0 Å². The highest BCUT2D eigenvalue weighted by Gasteiger charge is 2.35. The van der Waals surface area contributed by atoms with Crippen molar-refractivity contribution >= 4 is 17.5 Å². The average molecular weight is 419 g/mol. The third-order valence-corrected chi connectivity index (χ3v) is 5.73. The Morgan fingerprint density at radius 1 is 1.07 bits per heavy atom. The Kier molecular flexibility index (Phi) is 5.33. The van der Waals surface area contributed by atoms with Crippen LogP contribution >= 0.6 is 0 Å². The van der Waals surface area contributed by atoms with Gasteiger partial charge in [-0.25, -0.2) is 13.5 Å². The van der Waals surface area contributed by atoms with Crippen LogP contribution in [0.15, 0.2) is 12.1 Å². The predicted molar refractivity (Wildman–Crippen MR) is 109 cm³/mol. The lowest BCUT2D eigenvalue weighted by molar-refractivity contribution is -0.127. The Morgan fingerprint density at radius 2 is 1.73 bits per heavy atom. The first-order chi connectivity index (χ1) is 14.2. The van der Waals surface area contributed by atoms with E-state index in [2.05, 4.69) is 25.7 Å². The molecule has 1 aliphatic carbocycles. The van der Waals surface area contributed by atoms with Crippen molar-refractivity contribution in [2.45, 2.75) is 64.0 Å². The topological polar surface area (TPSA) is 88.0 Å². The molecule has 4 rings (SSSR count). The quantitative estimate of drug-likeness (QED) is 0.775. The maximum absolute atomic E-state index is 13.5. The van der Waals surface area contributed by atoms with Gasteiger partial charge in [0.2, 0.25) is 11.8 Å². The summed E-state index contributed by atoms with van der Waals surface area (Å²) < 4.78 is 28.6. The number of anilines is 2. The van der Waals surface area contributed by atoms with Gasteiger partial charge in [0, 0.05) is 44.2 Å². The first-order valence-corrected chi connectivity index (χ1v) is 10.3. The molecule has 1 saturated carbocycles. The molecule has 10 heteroatoms. The summed E-state index contributed by atoms with van der Waals surface area (Å²) in [5.74, 6) is -1.16. The zero-order chi connectivity index (χ0) is 21.5. The van der Waals surface area contributed by atoms with Gasteiger partial charge in [0.25, 0.3) is 5.95 Å². The Balaban J connectivity index is 1.61. The van der Waals surface area contributed by atoms with Gasteiger partial charge < -0.3 is 15.5 Å². The van der Waals surface area contributed by atoms with Gasteiger partial charge >= 0.3 is 0 Å². The molecule has 3 heterocycles. The molecule has 0 radical (unpaired) electrons. The minimum atomic E-state index is -2.58. The number of likely N-dealkylation sites (tertiary alicyclic amines) is 1. The number of aromatic nitrogens is 4. The third kappa shape index (κ3) is 4.36. The van der Waals surface area contributed by atoms with Gasteiger partial charge in [0.15, 0.2) is 0 Å². The lowest BCUT2D eigenvalue weighted by Crippen LogP contribution is -2.33. The molecule has 30 heavy (non-hydrogen) atoms. The van der Waals surface area contributed by atoms with Crippen molar-refractivity contribution in [3.63, 3.8) is 0 Å². The fourth-order valence-electron chi connectivity index (χ4n) is 4.04. The molecule has 1 atom stereocenters. The smallest absolute Gasteiger partial charge is 0.254 e. The Hall–Kier alpha value is -2.78. The number of aryl methyl sites for hydroxylation is 2. The monoisotopic (exact) mass is 419 g/mol. The number of carbonyl (C=O) groups is 1. The first-order valence-electron chi connectivity index (χ1n) is 10.3. The number of nitrogens with one attached hydrogen (secondary N) is 2. The van der Waals surface area contributed by atoms with Gasteiger partial charge in [-0.2, -0.15) is 15.1 Å². The molecule has 0 unspecified atom stereocenters. The second-order valence-electron chi connectivity index (χ2n) is 8.30. The zero-order valence-corrected chi connectivity index (χ0v) is 17.5. The fraction of sp³-hybridized carbons (Fsp3) is 0.600. The summed E-state index contributed by atoms with van der Waals surface area (Å²) in [7, 11) is 1.77. The SMILES string of the molecule is Cc1cc(C)n(-c2nc(NC3CCC(F)(F)CC3)cc(N[C@H]3CCN(C)C3=O)n2)n1. The number of hydrogen-bond donors (Lipinski definition) is 2. The summed E-state index contributed by atoms with van der Waals surface area (Å²) in [6.45, 7) is 4.49. The second kappa shape index (κ2) is 7.81. The second-order valence-corrected chi connectivity index (χ2v) is 8.30. The first kappa shape index (κ1) is 20.5. The van der Waals surface area contributed by atoms with E-state index in [0.29, 0.717) is 43.4 Å². The number of carbonyl (C=O) groups excluding carboxylic acids is 1. The van der Waals surface area contributed by atoms with Gasteiger partial charge in [-0.3, -0.25) is 4.79 Å². The van der Waals surface area contributed by atoms with E-state index in [1.165, 1.54) is 0 Å². The number of likely N-dealkylation sites (N-methyl/N-ethyl adjacent to an activating group) is 1. The Morgan fingerprint density at radius 3 is 2.30 bits per heavy atom. The van der Waals surface area contributed by atoms with E-state index >= 15 is 0 Å². The van der Waals surface area contributed by atoms with Crippen LogP contribution in [0.3, 0.4) is 0 Å². The summed E-state index contributed by atoms with van der Waals surface area (Å²) in [6, 6.07) is 3.22. The van der Waals surface area contributed by atoms with Gasteiger partial charge in [-0.05, 0) is 39.2 Å². The fourth-order valence-corrected chi connectivity index (χ4v) is 4.04. The maximum Gasteiger partial charge on any atom is 0.254 e. The molecule has 1 saturated heterocycles. The highest BCUT2D eigenvalue weighted by atomic mass is 19.3. The number of amides is 1. The predicted octanol–water partition coefficient (Wildman–Crippen LogP) is 2.91. The molecular formula is C20H27F2N7O. The van der Waals surface area contributed by atoms with E-state index in [9.17, 15) is 13.6 Å². The zero-order valence-electron chi connectivity index (χ0n) is 17.5.